The molecule has 0 amide bonds. The number of carbonyl (C=O) groups excluding carboxylic acids is 1. The number of hydrogen-bond acceptors (Lipinski definition) is 2. The highest BCUT2D eigenvalue weighted by atomic mass is 79.9. The van der Waals surface area contributed by atoms with Crippen LogP contribution in [-0.4, -0.2) is 15.6 Å². The molecule has 0 spiro atoms. The minimum atomic E-state index is -0.369. The lowest BCUT2D eigenvalue weighted by molar-refractivity contribution is 0.0981. The molecule has 2 aromatic rings. The van der Waals surface area contributed by atoms with Crippen LogP contribution in [0.2, 0.25) is 0 Å². The lowest BCUT2D eigenvalue weighted by Gasteiger charge is -2.05. The molecule has 1 aromatic carbocycles. The summed E-state index contributed by atoms with van der Waals surface area (Å²) >= 11 is 3.20. The second kappa shape index (κ2) is 6.31. The molecule has 0 bridgehead atoms. The van der Waals surface area contributed by atoms with Gasteiger partial charge in [-0.25, -0.2) is 4.39 Å². The third-order valence-corrected chi connectivity index (χ3v) is 3.64. The van der Waals surface area contributed by atoms with Crippen LogP contribution in [0.5, 0.6) is 0 Å². The molecule has 0 aliphatic rings. The molecule has 0 fully saturated rings. The number of benzene rings is 1. The van der Waals surface area contributed by atoms with E-state index in [2.05, 4.69) is 21.0 Å². The highest BCUT2D eigenvalue weighted by Crippen LogP contribution is 2.17. The maximum absolute atomic E-state index is 13.8. The van der Waals surface area contributed by atoms with Crippen LogP contribution in [0, 0.1) is 5.82 Å². The Labute approximate surface area is 125 Å². The minimum Gasteiger partial charge on any atom is -0.292 e. The molecule has 20 heavy (non-hydrogen) atoms. The zero-order valence-electron chi connectivity index (χ0n) is 11.5. The number of aromatic nitrogens is 2. The maximum Gasteiger partial charge on any atom is 0.185 e. The van der Waals surface area contributed by atoms with Crippen molar-refractivity contribution < 1.29 is 9.18 Å². The zero-order chi connectivity index (χ0) is 14.7. The number of ketones is 1. The molecule has 0 N–H and O–H groups in total. The van der Waals surface area contributed by atoms with Gasteiger partial charge in [0, 0.05) is 17.4 Å². The fraction of sp³-hybridized carbons (Fsp3) is 0.333. The molecule has 1 aromatic heterocycles. The molecule has 3 nitrogen and oxygen atoms in total. The number of aryl methyl sites for hydroxylation is 2. The van der Waals surface area contributed by atoms with Crippen LogP contribution in [0.4, 0.5) is 4.39 Å². The Morgan fingerprint density at radius 1 is 1.35 bits per heavy atom. The summed E-state index contributed by atoms with van der Waals surface area (Å²) in [5.41, 5.74) is 1.83. The zero-order valence-corrected chi connectivity index (χ0v) is 13.1. The average Bonchev–Trinajstić information content (AvgIpc) is 2.85. The highest BCUT2D eigenvalue weighted by Gasteiger charge is 2.16. The van der Waals surface area contributed by atoms with Crippen molar-refractivity contribution in [3.63, 3.8) is 0 Å². The molecule has 5 heteroatoms. The van der Waals surface area contributed by atoms with Crippen molar-refractivity contribution in [1.82, 2.24) is 9.78 Å². The van der Waals surface area contributed by atoms with Gasteiger partial charge in [0.2, 0.25) is 0 Å². The van der Waals surface area contributed by atoms with Crippen LogP contribution in [0.25, 0.3) is 0 Å². The SMILES string of the molecule is CCc1cc(C(=O)Cc2ccc(Br)cc2F)n(CC)n1. The van der Waals surface area contributed by atoms with Gasteiger partial charge in [-0.05, 0) is 37.1 Å². The van der Waals surface area contributed by atoms with Gasteiger partial charge < -0.3 is 0 Å². The lowest BCUT2D eigenvalue weighted by Crippen LogP contribution is -2.12. The number of Topliss-reactive ketones (excluding diaryl/α,β-unsaturated/α-hetero) is 1. The Morgan fingerprint density at radius 3 is 2.70 bits per heavy atom. The number of carbonyl (C=O) groups is 1. The molecular formula is C15H16BrFN2O. The summed E-state index contributed by atoms with van der Waals surface area (Å²) in [6.45, 7) is 4.55. The van der Waals surface area contributed by atoms with Crippen LogP contribution in [0.3, 0.4) is 0 Å². The Balaban J connectivity index is 2.25. The molecule has 0 saturated carbocycles. The van der Waals surface area contributed by atoms with E-state index in [-0.39, 0.29) is 18.0 Å². The third kappa shape index (κ3) is 3.15. The quantitative estimate of drug-likeness (QED) is 0.777. The van der Waals surface area contributed by atoms with Crippen LogP contribution in [0.15, 0.2) is 28.7 Å². The van der Waals surface area contributed by atoms with Gasteiger partial charge in [0.1, 0.15) is 11.5 Å². The summed E-state index contributed by atoms with van der Waals surface area (Å²) in [5.74, 6) is -0.480. The first kappa shape index (κ1) is 14.9. The number of nitrogens with zero attached hydrogens (tertiary/aromatic N) is 2. The Morgan fingerprint density at radius 2 is 2.10 bits per heavy atom. The molecule has 0 aliphatic heterocycles. The molecule has 0 saturated heterocycles. The average molecular weight is 339 g/mol. The summed E-state index contributed by atoms with van der Waals surface area (Å²) in [5, 5.41) is 4.34. The maximum atomic E-state index is 13.8. The second-order valence-corrected chi connectivity index (χ2v) is 5.44. The topological polar surface area (TPSA) is 34.9 Å². The van der Waals surface area contributed by atoms with Crippen molar-refractivity contribution >= 4 is 21.7 Å². The molecule has 1 heterocycles. The van der Waals surface area contributed by atoms with E-state index >= 15 is 0 Å². The predicted octanol–water partition coefficient (Wildman–Crippen LogP) is 3.79. The first-order chi connectivity index (χ1) is 9.55. The monoisotopic (exact) mass is 338 g/mol. The number of hydrogen-bond donors (Lipinski definition) is 0. The van der Waals surface area contributed by atoms with Crippen LogP contribution >= 0.6 is 15.9 Å². The molecule has 0 radical (unpaired) electrons. The predicted molar refractivity (Wildman–Crippen MR) is 79.4 cm³/mol. The summed E-state index contributed by atoms with van der Waals surface area (Å²) in [7, 11) is 0. The normalized spacial score (nSPS) is 10.8. The fourth-order valence-electron chi connectivity index (χ4n) is 2.04. The molecule has 0 aliphatic carbocycles. The van der Waals surface area contributed by atoms with Crippen LogP contribution in [-0.2, 0) is 19.4 Å². The number of halogens is 2. The Kier molecular flexibility index (Phi) is 4.70. The van der Waals surface area contributed by atoms with E-state index in [1.165, 1.54) is 6.07 Å². The Bertz CT molecular complexity index is 637. The highest BCUT2D eigenvalue weighted by molar-refractivity contribution is 9.10. The van der Waals surface area contributed by atoms with Gasteiger partial charge in [-0.2, -0.15) is 5.10 Å². The van der Waals surface area contributed by atoms with Crippen molar-refractivity contribution in [2.24, 2.45) is 0 Å². The molecule has 0 atom stereocenters. The van der Waals surface area contributed by atoms with Gasteiger partial charge >= 0.3 is 0 Å². The van der Waals surface area contributed by atoms with Crippen molar-refractivity contribution in [2.75, 3.05) is 0 Å². The van der Waals surface area contributed by atoms with E-state index in [1.54, 1.807) is 22.9 Å². The molecular weight excluding hydrogens is 323 g/mol. The summed E-state index contributed by atoms with van der Waals surface area (Å²) in [6, 6.07) is 6.53. The van der Waals surface area contributed by atoms with E-state index in [0.717, 1.165) is 12.1 Å². The van der Waals surface area contributed by atoms with E-state index in [9.17, 15) is 9.18 Å². The minimum absolute atomic E-state index is 0.0496. The smallest absolute Gasteiger partial charge is 0.185 e. The molecule has 0 unspecified atom stereocenters. The van der Waals surface area contributed by atoms with Gasteiger partial charge in [-0.3, -0.25) is 9.48 Å². The van der Waals surface area contributed by atoms with Gasteiger partial charge in [0.15, 0.2) is 5.78 Å². The lowest BCUT2D eigenvalue weighted by atomic mass is 10.1. The van der Waals surface area contributed by atoms with Crippen LogP contribution in [0.1, 0.15) is 35.6 Å². The van der Waals surface area contributed by atoms with Crippen LogP contribution < -0.4 is 0 Å². The second-order valence-electron chi connectivity index (χ2n) is 4.53. The van der Waals surface area contributed by atoms with Crippen molar-refractivity contribution in [3.8, 4) is 0 Å². The standard InChI is InChI=1S/C15H16BrFN2O/c1-3-12-9-14(19(4-2)18-12)15(20)7-10-5-6-11(16)8-13(10)17/h5-6,8-9H,3-4,7H2,1-2H3. The van der Waals surface area contributed by atoms with Crippen molar-refractivity contribution in [3.05, 3.63) is 51.5 Å². The largest absolute Gasteiger partial charge is 0.292 e. The molecule has 2 rings (SSSR count). The first-order valence-electron chi connectivity index (χ1n) is 6.59. The Hall–Kier alpha value is -1.49. The van der Waals surface area contributed by atoms with E-state index in [0.29, 0.717) is 22.3 Å². The van der Waals surface area contributed by atoms with E-state index in [1.807, 2.05) is 13.8 Å². The van der Waals surface area contributed by atoms with Gasteiger partial charge in [-0.15, -0.1) is 0 Å². The molecule has 106 valence electrons. The number of rotatable bonds is 5. The summed E-state index contributed by atoms with van der Waals surface area (Å²) in [4.78, 5) is 12.3. The van der Waals surface area contributed by atoms with Gasteiger partial charge in [0.25, 0.3) is 0 Å². The van der Waals surface area contributed by atoms with Gasteiger partial charge in [-0.1, -0.05) is 28.9 Å². The van der Waals surface area contributed by atoms with E-state index in [4.69, 9.17) is 0 Å². The summed E-state index contributed by atoms with van der Waals surface area (Å²) < 4.78 is 16.1. The fourth-order valence-corrected chi connectivity index (χ4v) is 2.37. The van der Waals surface area contributed by atoms with Crippen molar-refractivity contribution in [2.45, 2.75) is 33.2 Å². The first-order valence-corrected chi connectivity index (χ1v) is 7.38. The third-order valence-electron chi connectivity index (χ3n) is 3.14. The van der Waals surface area contributed by atoms with Crippen molar-refractivity contribution in [1.29, 1.82) is 0 Å². The van der Waals surface area contributed by atoms with E-state index < -0.39 is 0 Å². The van der Waals surface area contributed by atoms with Gasteiger partial charge in [0.05, 0.1) is 5.69 Å². The summed E-state index contributed by atoms with van der Waals surface area (Å²) in [6.07, 6.45) is 0.827.